The molecule has 0 bridgehead atoms. The molecule has 0 heterocycles. The highest BCUT2D eigenvalue weighted by atomic mass is 32.2. The van der Waals surface area contributed by atoms with E-state index < -0.39 is 21.1 Å². The van der Waals surface area contributed by atoms with E-state index in [0.717, 1.165) is 6.92 Å². The zero-order chi connectivity index (χ0) is 11.4. The highest BCUT2D eigenvalue weighted by molar-refractivity contribution is 7.92. The van der Waals surface area contributed by atoms with Crippen molar-refractivity contribution in [1.29, 1.82) is 0 Å². The van der Waals surface area contributed by atoms with Gasteiger partial charge < -0.3 is 9.84 Å². The zero-order valence-electron chi connectivity index (χ0n) is 8.56. The predicted molar refractivity (Wildman–Crippen MR) is 52.0 cm³/mol. The van der Waals surface area contributed by atoms with E-state index >= 15 is 0 Å². The van der Waals surface area contributed by atoms with E-state index in [0.29, 0.717) is 0 Å². The molecule has 0 aromatic heterocycles. The van der Waals surface area contributed by atoms with Gasteiger partial charge in [0.1, 0.15) is 0 Å². The third-order valence-corrected chi connectivity index (χ3v) is 3.72. The van der Waals surface area contributed by atoms with Crippen molar-refractivity contribution in [2.75, 3.05) is 12.4 Å². The average Bonchev–Trinajstić information content (AvgIpc) is 2.01. The molecule has 0 aliphatic rings. The standard InChI is InChI=1S/C8H16O5S/c1-6(2)13-4-5-14(11,12)7(3)8(9)10/h6-7H,4-5H2,1-3H3,(H,9,10). The Bertz CT molecular complexity index is 280. The van der Waals surface area contributed by atoms with Crippen LogP contribution in [-0.2, 0) is 19.4 Å². The molecule has 1 atom stereocenters. The fourth-order valence-electron chi connectivity index (χ4n) is 0.730. The molecule has 0 aromatic rings. The van der Waals surface area contributed by atoms with E-state index in [4.69, 9.17) is 9.84 Å². The van der Waals surface area contributed by atoms with Crippen LogP contribution in [0.25, 0.3) is 0 Å². The quantitative estimate of drug-likeness (QED) is 0.701. The molecule has 0 aliphatic carbocycles. The monoisotopic (exact) mass is 224 g/mol. The van der Waals surface area contributed by atoms with Crippen molar-refractivity contribution in [3.63, 3.8) is 0 Å². The van der Waals surface area contributed by atoms with Gasteiger partial charge in [-0.15, -0.1) is 0 Å². The van der Waals surface area contributed by atoms with Gasteiger partial charge >= 0.3 is 5.97 Å². The van der Waals surface area contributed by atoms with Gasteiger partial charge in [0.2, 0.25) is 0 Å². The summed E-state index contributed by atoms with van der Waals surface area (Å²) in [7, 11) is -3.58. The molecule has 14 heavy (non-hydrogen) atoms. The lowest BCUT2D eigenvalue weighted by Crippen LogP contribution is -2.31. The molecule has 0 aromatic carbocycles. The maximum absolute atomic E-state index is 11.3. The van der Waals surface area contributed by atoms with Crippen LogP contribution in [0.3, 0.4) is 0 Å². The van der Waals surface area contributed by atoms with Crippen molar-refractivity contribution in [2.45, 2.75) is 32.1 Å². The molecule has 5 nitrogen and oxygen atoms in total. The van der Waals surface area contributed by atoms with E-state index in [1.165, 1.54) is 0 Å². The minimum atomic E-state index is -3.58. The number of carboxylic acid groups (broad SMARTS) is 1. The minimum absolute atomic E-state index is 0.0393. The summed E-state index contributed by atoms with van der Waals surface area (Å²) in [5.41, 5.74) is 0. The minimum Gasteiger partial charge on any atom is -0.480 e. The molecule has 0 aliphatic heterocycles. The Hall–Kier alpha value is -0.620. The van der Waals surface area contributed by atoms with E-state index in [9.17, 15) is 13.2 Å². The van der Waals surface area contributed by atoms with Gasteiger partial charge in [-0.05, 0) is 20.8 Å². The van der Waals surface area contributed by atoms with E-state index in [2.05, 4.69) is 0 Å². The predicted octanol–water partition coefficient (Wildman–Crippen LogP) is 0.299. The summed E-state index contributed by atoms with van der Waals surface area (Å²) >= 11 is 0. The fraction of sp³-hybridized carbons (Fsp3) is 0.875. The van der Waals surface area contributed by atoms with Gasteiger partial charge in [-0.2, -0.15) is 0 Å². The van der Waals surface area contributed by atoms with Crippen molar-refractivity contribution in [2.24, 2.45) is 0 Å². The third kappa shape index (κ3) is 4.57. The first-order valence-electron chi connectivity index (χ1n) is 4.33. The lowest BCUT2D eigenvalue weighted by Gasteiger charge is -2.10. The summed E-state index contributed by atoms with van der Waals surface area (Å²) in [6.07, 6.45) is -0.0506. The molecular weight excluding hydrogens is 208 g/mol. The molecule has 1 unspecified atom stereocenters. The first-order valence-corrected chi connectivity index (χ1v) is 6.05. The Morgan fingerprint density at radius 3 is 2.21 bits per heavy atom. The molecule has 84 valence electrons. The number of carboxylic acids is 1. The van der Waals surface area contributed by atoms with Crippen LogP contribution in [0.1, 0.15) is 20.8 Å². The summed E-state index contributed by atoms with van der Waals surface area (Å²) in [6.45, 7) is 4.77. The molecule has 0 fully saturated rings. The highest BCUT2D eigenvalue weighted by Crippen LogP contribution is 2.02. The van der Waals surface area contributed by atoms with Gasteiger partial charge in [-0.25, -0.2) is 8.42 Å². The number of rotatable bonds is 6. The fourth-order valence-corrected chi connectivity index (χ4v) is 1.72. The molecule has 0 saturated carbocycles. The largest absolute Gasteiger partial charge is 0.480 e. The second-order valence-electron chi connectivity index (χ2n) is 3.27. The van der Waals surface area contributed by atoms with Crippen molar-refractivity contribution >= 4 is 15.8 Å². The summed E-state index contributed by atoms with van der Waals surface area (Å²) < 4.78 is 27.6. The van der Waals surface area contributed by atoms with Crippen LogP contribution in [0, 0.1) is 0 Å². The van der Waals surface area contributed by atoms with Crippen LogP contribution in [0.4, 0.5) is 0 Å². The first-order chi connectivity index (χ1) is 6.27. The van der Waals surface area contributed by atoms with Crippen LogP contribution in [-0.4, -0.2) is 43.2 Å². The lowest BCUT2D eigenvalue weighted by molar-refractivity contribution is -0.136. The van der Waals surface area contributed by atoms with Crippen molar-refractivity contribution in [1.82, 2.24) is 0 Å². The molecule has 1 N–H and O–H groups in total. The van der Waals surface area contributed by atoms with Gasteiger partial charge in [0.05, 0.1) is 18.5 Å². The van der Waals surface area contributed by atoms with Crippen molar-refractivity contribution < 1.29 is 23.1 Å². The number of ether oxygens (including phenoxy) is 1. The van der Waals surface area contributed by atoms with E-state index in [1.807, 2.05) is 0 Å². The normalized spacial score (nSPS) is 14.3. The van der Waals surface area contributed by atoms with Gasteiger partial charge in [-0.3, -0.25) is 4.79 Å². The molecule has 0 radical (unpaired) electrons. The molecule has 6 heteroatoms. The second-order valence-corrected chi connectivity index (χ2v) is 5.71. The summed E-state index contributed by atoms with van der Waals surface area (Å²) in [4.78, 5) is 10.4. The number of hydrogen-bond acceptors (Lipinski definition) is 4. The zero-order valence-corrected chi connectivity index (χ0v) is 9.37. The molecular formula is C8H16O5S. The Morgan fingerprint density at radius 2 is 1.86 bits per heavy atom. The Balaban J connectivity index is 4.16. The van der Waals surface area contributed by atoms with Crippen LogP contribution >= 0.6 is 0 Å². The highest BCUT2D eigenvalue weighted by Gasteiger charge is 2.27. The Morgan fingerprint density at radius 1 is 1.36 bits per heavy atom. The van der Waals surface area contributed by atoms with E-state index in [1.54, 1.807) is 13.8 Å². The van der Waals surface area contributed by atoms with Gasteiger partial charge in [0.15, 0.2) is 15.1 Å². The lowest BCUT2D eigenvalue weighted by atomic mass is 10.5. The summed E-state index contributed by atoms with van der Waals surface area (Å²) in [6, 6.07) is 0. The number of sulfone groups is 1. The van der Waals surface area contributed by atoms with Gasteiger partial charge in [0, 0.05) is 0 Å². The summed E-state index contributed by atoms with van der Waals surface area (Å²) in [5.74, 6) is -1.58. The molecule has 0 saturated heterocycles. The Kier molecular flexibility index (Phi) is 5.07. The molecule has 0 rings (SSSR count). The average molecular weight is 224 g/mol. The second kappa shape index (κ2) is 5.31. The van der Waals surface area contributed by atoms with E-state index in [-0.39, 0.29) is 18.5 Å². The number of hydrogen-bond donors (Lipinski definition) is 1. The molecule has 0 amide bonds. The van der Waals surface area contributed by atoms with Crippen molar-refractivity contribution in [3.05, 3.63) is 0 Å². The number of aliphatic carboxylic acids is 1. The van der Waals surface area contributed by atoms with Crippen molar-refractivity contribution in [3.8, 4) is 0 Å². The maximum Gasteiger partial charge on any atom is 0.321 e. The Labute approximate surface area is 84.0 Å². The smallest absolute Gasteiger partial charge is 0.321 e. The summed E-state index contributed by atoms with van der Waals surface area (Å²) in [5, 5.41) is 7.14. The maximum atomic E-state index is 11.3. The van der Waals surface area contributed by atoms with Crippen LogP contribution in [0.15, 0.2) is 0 Å². The first kappa shape index (κ1) is 13.4. The van der Waals surface area contributed by atoms with Crippen LogP contribution < -0.4 is 0 Å². The molecule has 0 spiro atoms. The van der Waals surface area contributed by atoms with Crippen LogP contribution in [0.5, 0.6) is 0 Å². The van der Waals surface area contributed by atoms with Crippen LogP contribution in [0.2, 0.25) is 0 Å². The van der Waals surface area contributed by atoms with Gasteiger partial charge in [0.25, 0.3) is 0 Å². The third-order valence-electron chi connectivity index (χ3n) is 1.71. The van der Waals surface area contributed by atoms with Gasteiger partial charge in [-0.1, -0.05) is 0 Å². The SMILES string of the molecule is CC(C)OCCS(=O)(=O)C(C)C(=O)O. The number of carbonyl (C=O) groups is 1. The topological polar surface area (TPSA) is 80.7 Å².